The van der Waals surface area contributed by atoms with Gasteiger partial charge in [0.05, 0.1) is 26.0 Å². The number of fused-ring (bicyclic) bond motifs is 1. The second-order valence-corrected chi connectivity index (χ2v) is 6.77. The van der Waals surface area contributed by atoms with Crippen molar-refractivity contribution < 1.29 is 14.3 Å². The van der Waals surface area contributed by atoms with Crippen molar-refractivity contribution in [1.29, 1.82) is 0 Å². The van der Waals surface area contributed by atoms with Gasteiger partial charge in [-0.3, -0.25) is 4.79 Å². The van der Waals surface area contributed by atoms with Crippen LogP contribution in [0.25, 0.3) is 10.8 Å². The molecule has 1 aliphatic heterocycles. The zero-order chi connectivity index (χ0) is 19.7. The normalized spacial score (nSPS) is 16.2. The predicted octanol–water partition coefficient (Wildman–Crippen LogP) is 4.55. The summed E-state index contributed by atoms with van der Waals surface area (Å²) in [6.45, 7) is 1.54. The highest BCUT2D eigenvalue weighted by molar-refractivity contribution is 6.12. The zero-order valence-corrected chi connectivity index (χ0v) is 16.2. The van der Waals surface area contributed by atoms with E-state index in [1.54, 1.807) is 26.2 Å². The number of hydrogen-bond donors (Lipinski definition) is 0. The lowest BCUT2D eigenvalue weighted by Gasteiger charge is -2.21. The van der Waals surface area contributed by atoms with Crippen LogP contribution in [0.3, 0.4) is 0 Å². The third-order valence-electron chi connectivity index (χ3n) is 5.13. The molecule has 0 radical (unpaired) electrons. The highest BCUT2D eigenvalue weighted by atomic mass is 16.5. The van der Waals surface area contributed by atoms with E-state index < -0.39 is 0 Å². The van der Waals surface area contributed by atoms with Crippen LogP contribution in [-0.2, 0) is 4.79 Å². The summed E-state index contributed by atoms with van der Waals surface area (Å²) in [7, 11) is 3.22. The van der Waals surface area contributed by atoms with Gasteiger partial charge in [0.25, 0.3) is 0 Å². The van der Waals surface area contributed by atoms with Gasteiger partial charge in [-0.05, 0) is 28.5 Å². The summed E-state index contributed by atoms with van der Waals surface area (Å²) < 4.78 is 10.8. The maximum absolute atomic E-state index is 12.3. The van der Waals surface area contributed by atoms with E-state index in [9.17, 15) is 4.79 Å². The molecule has 5 nitrogen and oxygen atoms in total. The summed E-state index contributed by atoms with van der Waals surface area (Å²) in [5, 5.41) is 8.56. The second kappa shape index (κ2) is 7.35. The number of ether oxygens (including phenoxy) is 2. The number of carbonyl (C=O) groups is 1. The van der Waals surface area contributed by atoms with Gasteiger partial charge in [-0.1, -0.05) is 48.5 Å². The summed E-state index contributed by atoms with van der Waals surface area (Å²) in [5.74, 6) is 1.21. The molecule has 0 aromatic heterocycles. The smallest absolute Gasteiger partial charge is 0.240 e. The molecular formula is C23H22N2O3. The number of amides is 1. The molecule has 0 saturated heterocycles. The van der Waals surface area contributed by atoms with E-state index in [0.29, 0.717) is 17.9 Å². The van der Waals surface area contributed by atoms with Crippen molar-refractivity contribution in [3.8, 4) is 11.5 Å². The van der Waals surface area contributed by atoms with Crippen LogP contribution in [0, 0.1) is 0 Å². The molecule has 28 heavy (non-hydrogen) atoms. The van der Waals surface area contributed by atoms with Gasteiger partial charge in [-0.2, -0.15) is 5.10 Å². The van der Waals surface area contributed by atoms with Crippen LogP contribution in [0.2, 0.25) is 0 Å². The third-order valence-corrected chi connectivity index (χ3v) is 5.13. The molecule has 3 aromatic rings. The van der Waals surface area contributed by atoms with E-state index in [1.165, 1.54) is 0 Å². The number of carbonyl (C=O) groups excluding carboxylic acids is 1. The molecule has 5 heteroatoms. The summed E-state index contributed by atoms with van der Waals surface area (Å²) in [6.07, 6.45) is 0.642. The van der Waals surface area contributed by atoms with Crippen LogP contribution in [0.15, 0.2) is 65.8 Å². The zero-order valence-electron chi connectivity index (χ0n) is 16.2. The van der Waals surface area contributed by atoms with Gasteiger partial charge in [0.15, 0.2) is 11.5 Å². The Morgan fingerprint density at radius 3 is 2.50 bits per heavy atom. The van der Waals surface area contributed by atoms with Crippen LogP contribution in [0.4, 0.5) is 0 Å². The Bertz CT molecular complexity index is 1070. The third kappa shape index (κ3) is 3.09. The van der Waals surface area contributed by atoms with Gasteiger partial charge in [-0.25, -0.2) is 5.01 Å². The van der Waals surface area contributed by atoms with E-state index in [-0.39, 0.29) is 11.9 Å². The van der Waals surface area contributed by atoms with Crippen molar-refractivity contribution in [3.05, 3.63) is 71.8 Å². The molecule has 0 N–H and O–H groups in total. The minimum absolute atomic E-state index is 0.0879. The Kier molecular flexibility index (Phi) is 4.74. The van der Waals surface area contributed by atoms with Crippen LogP contribution in [0.1, 0.15) is 30.5 Å². The number of rotatable bonds is 4. The molecule has 0 fully saturated rings. The van der Waals surface area contributed by atoms with E-state index in [2.05, 4.69) is 24.3 Å². The van der Waals surface area contributed by atoms with Crippen LogP contribution >= 0.6 is 0 Å². The maximum atomic E-state index is 12.3. The minimum Gasteiger partial charge on any atom is -0.493 e. The number of methoxy groups -OCH3 is 2. The molecule has 142 valence electrons. The molecular weight excluding hydrogens is 352 g/mol. The molecule has 1 atom stereocenters. The molecule has 1 unspecified atom stereocenters. The highest BCUT2D eigenvalue weighted by Gasteiger charge is 2.32. The second-order valence-electron chi connectivity index (χ2n) is 6.77. The van der Waals surface area contributed by atoms with Gasteiger partial charge >= 0.3 is 0 Å². The molecule has 1 heterocycles. The Balaban J connectivity index is 1.75. The minimum atomic E-state index is -0.175. The van der Waals surface area contributed by atoms with Gasteiger partial charge in [0.1, 0.15) is 0 Å². The van der Waals surface area contributed by atoms with Crippen molar-refractivity contribution in [3.63, 3.8) is 0 Å². The van der Waals surface area contributed by atoms with Gasteiger partial charge in [-0.15, -0.1) is 0 Å². The van der Waals surface area contributed by atoms with E-state index in [0.717, 1.165) is 27.6 Å². The lowest BCUT2D eigenvalue weighted by molar-refractivity contribution is -0.130. The first-order chi connectivity index (χ1) is 13.6. The number of hydrazone groups is 1. The van der Waals surface area contributed by atoms with Crippen LogP contribution < -0.4 is 9.47 Å². The Labute approximate surface area is 164 Å². The number of hydrogen-bond acceptors (Lipinski definition) is 4. The van der Waals surface area contributed by atoms with Crippen molar-refractivity contribution in [1.82, 2.24) is 5.01 Å². The molecule has 1 aliphatic rings. The molecule has 0 aliphatic carbocycles. The Morgan fingerprint density at radius 1 is 1.00 bits per heavy atom. The standard InChI is InChI=1S/C23H22N2O3/c1-15(26)25-21(17-11-12-22(27-2)23(13-17)28-3)14-20(24-25)19-10-6-8-16-7-4-5-9-18(16)19/h4-13,21H,14H2,1-3H3. The summed E-state index contributed by atoms with van der Waals surface area (Å²) in [6, 6.07) is 20.0. The van der Waals surface area contributed by atoms with Crippen molar-refractivity contribution in [2.75, 3.05) is 14.2 Å². The number of nitrogens with zero attached hydrogens (tertiary/aromatic N) is 2. The quantitative estimate of drug-likeness (QED) is 0.673. The first kappa shape index (κ1) is 18.0. The fraction of sp³-hybridized carbons (Fsp3) is 0.217. The van der Waals surface area contributed by atoms with E-state index >= 15 is 0 Å². The molecule has 1 amide bonds. The SMILES string of the molecule is COc1ccc(C2CC(c3cccc4ccccc34)=NN2C(C)=O)cc1OC. The lowest BCUT2D eigenvalue weighted by atomic mass is 9.95. The topological polar surface area (TPSA) is 51.1 Å². The average Bonchev–Trinajstić information content (AvgIpc) is 3.18. The highest BCUT2D eigenvalue weighted by Crippen LogP contribution is 2.38. The fourth-order valence-electron chi connectivity index (χ4n) is 3.76. The molecule has 3 aromatic carbocycles. The molecule has 0 spiro atoms. The molecule has 4 rings (SSSR count). The van der Waals surface area contributed by atoms with Crippen molar-refractivity contribution in [2.24, 2.45) is 5.10 Å². The van der Waals surface area contributed by atoms with Crippen molar-refractivity contribution >= 4 is 22.4 Å². The maximum Gasteiger partial charge on any atom is 0.240 e. The summed E-state index contributed by atoms with van der Waals surface area (Å²) >= 11 is 0. The molecule has 0 bridgehead atoms. The van der Waals surface area contributed by atoms with E-state index in [4.69, 9.17) is 14.6 Å². The predicted molar refractivity (Wildman–Crippen MR) is 110 cm³/mol. The monoisotopic (exact) mass is 374 g/mol. The summed E-state index contributed by atoms with van der Waals surface area (Å²) in [5.41, 5.74) is 2.94. The largest absolute Gasteiger partial charge is 0.493 e. The van der Waals surface area contributed by atoms with Crippen LogP contribution in [0.5, 0.6) is 11.5 Å². The first-order valence-corrected chi connectivity index (χ1v) is 9.19. The van der Waals surface area contributed by atoms with Crippen LogP contribution in [-0.4, -0.2) is 30.8 Å². The lowest BCUT2D eigenvalue weighted by Crippen LogP contribution is -2.24. The fourth-order valence-corrected chi connectivity index (χ4v) is 3.76. The Hall–Kier alpha value is -3.34. The molecule has 0 saturated carbocycles. The van der Waals surface area contributed by atoms with Gasteiger partial charge in [0, 0.05) is 18.9 Å². The Morgan fingerprint density at radius 2 is 1.75 bits per heavy atom. The van der Waals surface area contributed by atoms with Gasteiger partial charge in [0.2, 0.25) is 5.91 Å². The first-order valence-electron chi connectivity index (χ1n) is 9.19. The van der Waals surface area contributed by atoms with Gasteiger partial charge < -0.3 is 9.47 Å². The van der Waals surface area contributed by atoms with Crippen molar-refractivity contribution in [2.45, 2.75) is 19.4 Å². The summed E-state index contributed by atoms with van der Waals surface area (Å²) in [4.78, 5) is 12.3. The van der Waals surface area contributed by atoms with E-state index in [1.807, 2.05) is 36.4 Å². The average molecular weight is 374 g/mol. The number of benzene rings is 3.